The number of thiophene rings is 1. The minimum absolute atomic E-state index is 0.0369. The third-order valence-corrected chi connectivity index (χ3v) is 6.05. The van der Waals surface area contributed by atoms with Gasteiger partial charge in [0.1, 0.15) is 9.77 Å². The van der Waals surface area contributed by atoms with Gasteiger partial charge in [-0.1, -0.05) is 0 Å². The number of carboxylic acid groups (broad SMARTS) is 1. The van der Waals surface area contributed by atoms with Gasteiger partial charge in [0.25, 0.3) is 0 Å². The first-order valence-corrected chi connectivity index (χ1v) is 9.06. The number of sulfonamides is 1. The topological polar surface area (TPSA) is 102 Å². The number of ether oxygens (including phenoxy) is 2. The predicted molar refractivity (Wildman–Crippen MR) is 81.5 cm³/mol. The molecule has 1 heterocycles. The molecule has 0 aliphatic carbocycles. The second-order valence-corrected chi connectivity index (χ2v) is 8.02. The number of halogens is 1. The number of hydrogen-bond acceptors (Lipinski definition) is 6. The zero-order chi connectivity index (χ0) is 15.9. The molecule has 21 heavy (non-hydrogen) atoms. The third-order valence-electron chi connectivity index (χ3n) is 2.35. The molecule has 0 unspecified atom stereocenters. The second-order valence-electron chi connectivity index (χ2n) is 3.91. The Balaban J connectivity index is 2.48. The van der Waals surface area contributed by atoms with Gasteiger partial charge in [-0.15, -0.1) is 11.3 Å². The van der Waals surface area contributed by atoms with Crippen LogP contribution in [-0.2, 0) is 19.5 Å². The molecule has 1 aromatic heterocycles. The van der Waals surface area contributed by atoms with Gasteiger partial charge in [-0.25, -0.2) is 17.9 Å². The van der Waals surface area contributed by atoms with Crippen molar-refractivity contribution in [2.75, 3.05) is 33.5 Å². The first-order valence-electron chi connectivity index (χ1n) is 5.97. The fraction of sp³-hybridized carbons (Fsp3) is 0.545. The number of carboxylic acids is 1. The van der Waals surface area contributed by atoms with E-state index in [1.807, 2.05) is 0 Å². The van der Waals surface area contributed by atoms with Gasteiger partial charge in [0, 0.05) is 20.3 Å². The molecule has 0 radical (unpaired) electrons. The van der Waals surface area contributed by atoms with Crippen LogP contribution in [0.3, 0.4) is 0 Å². The number of rotatable bonds is 10. The van der Waals surface area contributed by atoms with Crippen molar-refractivity contribution >= 4 is 43.3 Å². The number of carbonyl (C=O) groups is 1. The molecule has 0 atom stereocenters. The SMILES string of the molecule is COCCOCCCNS(=O)(=O)c1cc(C(=O)O)sc1Br. The van der Waals surface area contributed by atoms with Crippen LogP contribution in [0.4, 0.5) is 0 Å². The normalized spacial score (nSPS) is 11.7. The molecule has 120 valence electrons. The Hall–Kier alpha value is -0.520. The molecule has 0 fully saturated rings. The van der Waals surface area contributed by atoms with Crippen LogP contribution in [0.15, 0.2) is 14.7 Å². The summed E-state index contributed by atoms with van der Waals surface area (Å²) in [6, 6.07) is 1.13. The summed E-state index contributed by atoms with van der Waals surface area (Å²) < 4.78 is 36.8. The van der Waals surface area contributed by atoms with E-state index in [4.69, 9.17) is 14.6 Å². The van der Waals surface area contributed by atoms with Gasteiger partial charge in [0.2, 0.25) is 10.0 Å². The monoisotopic (exact) mass is 401 g/mol. The van der Waals surface area contributed by atoms with Crippen LogP contribution in [0.5, 0.6) is 0 Å². The highest BCUT2D eigenvalue weighted by molar-refractivity contribution is 9.11. The molecule has 0 saturated carbocycles. The Morgan fingerprint density at radius 3 is 2.71 bits per heavy atom. The van der Waals surface area contributed by atoms with Crippen molar-refractivity contribution in [1.29, 1.82) is 0 Å². The lowest BCUT2D eigenvalue weighted by Crippen LogP contribution is -2.25. The average Bonchev–Trinajstić information content (AvgIpc) is 2.81. The van der Waals surface area contributed by atoms with Crippen molar-refractivity contribution in [1.82, 2.24) is 4.72 Å². The maximum atomic E-state index is 12.0. The van der Waals surface area contributed by atoms with E-state index in [0.717, 1.165) is 17.4 Å². The summed E-state index contributed by atoms with van der Waals surface area (Å²) in [5.41, 5.74) is 0. The fourth-order valence-electron chi connectivity index (χ4n) is 1.34. The standard InChI is InChI=1S/C11H16BrNO6S2/c1-18-5-6-19-4-2-3-13-21(16,17)9-7-8(11(14)15)20-10(9)12/h7,13H,2-6H2,1H3,(H,14,15). The molecule has 1 rings (SSSR count). The third kappa shape index (κ3) is 6.01. The Bertz CT molecular complexity index is 571. The van der Waals surface area contributed by atoms with Crippen molar-refractivity contribution in [3.05, 3.63) is 14.7 Å². The number of methoxy groups -OCH3 is 1. The second kappa shape index (κ2) is 8.81. The van der Waals surface area contributed by atoms with Gasteiger partial charge in [0.15, 0.2) is 0 Å². The Kier molecular flexibility index (Phi) is 7.77. The smallest absolute Gasteiger partial charge is 0.345 e. The lowest BCUT2D eigenvalue weighted by Gasteiger charge is -2.06. The minimum atomic E-state index is -3.73. The summed E-state index contributed by atoms with van der Waals surface area (Å²) in [7, 11) is -2.16. The van der Waals surface area contributed by atoms with Gasteiger partial charge < -0.3 is 14.6 Å². The summed E-state index contributed by atoms with van der Waals surface area (Å²) in [6.45, 7) is 1.57. The highest BCUT2D eigenvalue weighted by Gasteiger charge is 2.22. The maximum Gasteiger partial charge on any atom is 0.345 e. The fourth-order valence-corrected chi connectivity index (χ4v) is 4.82. The van der Waals surface area contributed by atoms with Crippen molar-refractivity contribution in [2.45, 2.75) is 11.3 Å². The molecule has 2 N–H and O–H groups in total. The summed E-state index contributed by atoms with van der Waals surface area (Å²) in [6.07, 6.45) is 0.510. The number of hydrogen-bond donors (Lipinski definition) is 2. The van der Waals surface area contributed by atoms with E-state index >= 15 is 0 Å². The summed E-state index contributed by atoms with van der Waals surface area (Å²) in [4.78, 5) is 10.7. The van der Waals surface area contributed by atoms with Crippen molar-refractivity contribution in [2.24, 2.45) is 0 Å². The van der Waals surface area contributed by atoms with Crippen molar-refractivity contribution < 1.29 is 27.8 Å². The molecule has 0 aliphatic heterocycles. The van der Waals surface area contributed by atoms with E-state index in [9.17, 15) is 13.2 Å². The zero-order valence-corrected chi connectivity index (χ0v) is 14.5. The molecule has 0 aliphatic rings. The zero-order valence-electron chi connectivity index (χ0n) is 11.3. The Morgan fingerprint density at radius 1 is 1.43 bits per heavy atom. The number of nitrogens with one attached hydrogen (secondary N) is 1. The van der Waals surface area contributed by atoms with E-state index in [1.165, 1.54) is 0 Å². The van der Waals surface area contributed by atoms with Gasteiger partial charge in [-0.3, -0.25) is 0 Å². The molecular weight excluding hydrogens is 386 g/mol. The summed E-state index contributed by atoms with van der Waals surface area (Å²) in [5, 5.41) is 8.85. The van der Waals surface area contributed by atoms with Crippen LogP contribution in [0.1, 0.15) is 16.1 Å². The van der Waals surface area contributed by atoms with E-state index in [-0.39, 0.29) is 20.1 Å². The lowest BCUT2D eigenvalue weighted by molar-refractivity contribution is 0.0699. The average molecular weight is 402 g/mol. The highest BCUT2D eigenvalue weighted by atomic mass is 79.9. The molecule has 10 heteroatoms. The molecule has 0 amide bonds. The molecule has 0 bridgehead atoms. The van der Waals surface area contributed by atoms with Crippen molar-refractivity contribution in [3.8, 4) is 0 Å². The predicted octanol–water partition coefficient (Wildman–Crippen LogP) is 1.54. The molecular formula is C11H16BrNO6S2. The van der Waals surface area contributed by atoms with E-state index in [1.54, 1.807) is 7.11 Å². The van der Waals surface area contributed by atoms with Crippen LogP contribution in [0, 0.1) is 0 Å². The van der Waals surface area contributed by atoms with Crippen LogP contribution in [0.25, 0.3) is 0 Å². The van der Waals surface area contributed by atoms with Crippen LogP contribution >= 0.6 is 27.3 Å². The lowest BCUT2D eigenvalue weighted by atomic mass is 10.5. The minimum Gasteiger partial charge on any atom is -0.477 e. The number of aromatic carboxylic acids is 1. The van der Waals surface area contributed by atoms with Crippen LogP contribution in [-0.4, -0.2) is 53.0 Å². The van der Waals surface area contributed by atoms with Crippen LogP contribution in [0.2, 0.25) is 0 Å². The molecule has 0 spiro atoms. The molecule has 0 saturated heterocycles. The van der Waals surface area contributed by atoms with E-state index in [0.29, 0.717) is 26.2 Å². The maximum absolute atomic E-state index is 12.0. The van der Waals surface area contributed by atoms with Gasteiger partial charge in [-0.05, 0) is 28.4 Å². The first-order chi connectivity index (χ1) is 9.88. The van der Waals surface area contributed by atoms with Gasteiger partial charge in [0.05, 0.1) is 17.0 Å². The molecule has 7 nitrogen and oxygen atoms in total. The Morgan fingerprint density at radius 2 is 2.14 bits per heavy atom. The highest BCUT2D eigenvalue weighted by Crippen LogP contribution is 2.31. The summed E-state index contributed by atoms with van der Waals surface area (Å²) >= 11 is 3.93. The quantitative estimate of drug-likeness (QED) is 0.576. The van der Waals surface area contributed by atoms with E-state index < -0.39 is 16.0 Å². The molecule has 0 aromatic carbocycles. The molecule has 1 aromatic rings. The first kappa shape index (κ1) is 18.5. The van der Waals surface area contributed by atoms with Crippen molar-refractivity contribution in [3.63, 3.8) is 0 Å². The van der Waals surface area contributed by atoms with E-state index in [2.05, 4.69) is 20.7 Å². The van der Waals surface area contributed by atoms with Gasteiger partial charge in [-0.2, -0.15) is 0 Å². The van der Waals surface area contributed by atoms with Gasteiger partial charge >= 0.3 is 5.97 Å². The van der Waals surface area contributed by atoms with Crippen LogP contribution < -0.4 is 4.72 Å². The Labute approximate surface area is 135 Å². The summed E-state index contributed by atoms with van der Waals surface area (Å²) in [5.74, 6) is -1.16. The largest absolute Gasteiger partial charge is 0.477 e.